The molecule has 7 nitrogen and oxygen atoms in total. The minimum Gasteiger partial charge on any atom is -0.439 e. The Morgan fingerprint density at radius 3 is 2.85 bits per heavy atom. The van der Waals surface area contributed by atoms with Crippen molar-refractivity contribution in [2.45, 2.75) is 43.7 Å². The number of nitrogens with one attached hydrogen (secondary N) is 1. The largest absolute Gasteiger partial charge is 0.439 e. The summed E-state index contributed by atoms with van der Waals surface area (Å²) >= 11 is 0. The van der Waals surface area contributed by atoms with Crippen LogP contribution < -0.4 is 20.1 Å². The number of benzene rings is 2. The van der Waals surface area contributed by atoms with Crippen molar-refractivity contribution in [2.24, 2.45) is 5.73 Å². The molecule has 1 aromatic heterocycles. The third-order valence-electron chi connectivity index (χ3n) is 6.27. The van der Waals surface area contributed by atoms with Gasteiger partial charge in [-0.3, -0.25) is 4.72 Å². The van der Waals surface area contributed by atoms with Gasteiger partial charge in [-0.05, 0) is 73.2 Å². The van der Waals surface area contributed by atoms with E-state index in [-0.39, 0.29) is 16.8 Å². The Hall–Kier alpha value is -3.43. The zero-order chi connectivity index (χ0) is 24.0. The van der Waals surface area contributed by atoms with Gasteiger partial charge in [0.15, 0.2) is 11.6 Å². The van der Waals surface area contributed by atoms with E-state index in [1.54, 1.807) is 13.0 Å². The molecule has 0 bridgehead atoms. The van der Waals surface area contributed by atoms with Crippen molar-refractivity contribution in [3.63, 3.8) is 0 Å². The van der Waals surface area contributed by atoms with E-state index in [0.717, 1.165) is 36.6 Å². The third kappa shape index (κ3) is 4.12. The van der Waals surface area contributed by atoms with E-state index >= 15 is 0 Å². The van der Waals surface area contributed by atoms with Gasteiger partial charge in [0.2, 0.25) is 5.95 Å². The predicted molar refractivity (Wildman–Crippen MR) is 129 cm³/mol. The lowest BCUT2D eigenvalue weighted by atomic mass is 9.85. The maximum absolute atomic E-state index is 13.4. The van der Waals surface area contributed by atoms with E-state index < -0.39 is 16.0 Å². The minimum absolute atomic E-state index is 0.0232. The van der Waals surface area contributed by atoms with Crippen molar-refractivity contribution in [3.8, 4) is 5.75 Å². The molecule has 0 fully saturated rings. The fraction of sp³-hybridized carbons (Fsp3) is 0.240. The second-order valence-corrected chi connectivity index (χ2v) is 10.3. The zero-order valence-corrected chi connectivity index (χ0v) is 19.5. The number of pyridine rings is 1. The van der Waals surface area contributed by atoms with Gasteiger partial charge in [0, 0.05) is 12.1 Å². The first-order valence-electron chi connectivity index (χ1n) is 11.0. The van der Waals surface area contributed by atoms with E-state index in [0.29, 0.717) is 23.7 Å². The fourth-order valence-electron chi connectivity index (χ4n) is 4.59. The van der Waals surface area contributed by atoms with Crippen LogP contribution in [0.15, 0.2) is 65.9 Å². The quantitative estimate of drug-likeness (QED) is 0.536. The second-order valence-electron chi connectivity index (χ2n) is 8.68. The fourth-order valence-corrected chi connectivity index (χ4v) is 5.84. The Balaban J connectivity index is 1.46. The van der Waals surface area contributed by atoms with Crippen LogP contribution in [0.4, 0.5) is 15.9 Å². The molecule has 0 spiro atoms. The Morgan fingerprint density at radius 1 is 1.26 bits per heavy atom. The van der Waals surface area contributed by atoms with Crippen LogP contribution in [0.2, 0.25) is 0 Å². The molecule has 1 atom stereocenters. The lowest BCUT2D eigenvalue weighted by Crippen LogP contribution is -2.29. The molecule has 0 amide bonds. The van der Waals surface area contributed by atoms with Crippen molar-refractivity contribution in [1.29, 1.82) is 0 Å². The highest BCUT2D eigenvalue weighted by atomic mass is 32.2. The topological polar surface area (TPSA) is 97.5 Å². The Morgan fingerprint density at radius 2 is 2.06 bits per heavy atom. The molecule has 1 aliphatic carbocycles. The first-order chi connectivity index (χ1) is 16.2. The summed E-state index contributed by atoms with van der Waals surface area (Å²) in [5, 5.41) is 0. The molecule has 3 aromatic rings. The summed E-state index contributed by atoms with van der Waals surface area (Å²) in [6.45, 7) is 6.28. The Bertz CT molecular complexity index is 1410. The average molecular weight is 481 g/mol. The molecule has 0 radical (unpaired) electrons. The second kappa shape index (κ2) is 8.41. The maximum atomic E-state index is 13.4. The van der Waals surface area contributed by atoms with Gasteiger partial charge in [-0.25, -0.2) is 13.4 Å². The molecular formula is C25H25FN4O3S. The molecule has 3 N–H and O–H groups in total. The number of nitrogens with zero attached hydrogens (tertiary/aromatic N) is 2. The summed E-state index contributed by atoms with van der Waals surface area (Å²) in [5.74, 6) is -0.0600. The molecule has 1 unspecified atom stereocenters. The van der Waals surface area contributed by atoms with Gasteiger partial charge in [-0.1, -0.05) is 24.3 Å². The highest BCUT2D eigenvalue weighted by Crippen LogP contribution is 2.43. The summed E-state index contributed by atoms with van der Waals surface area (Å²) in [6.07, 6.45) is 2.77. The molecule has 176 valence electrons. The number of nitrogens with two attached hydrogens (primary N) is 1. The van der Waals surface area contributed by atoms with Crippen LogP contribution in [0.5, 0.6) is 5.75 Å². The molecule has 1 aliphatic heterocycles. The van der Waals surface area contributed by atoms with Crippen LogP contribution in [0.25, 0.3) is 0 Å². The number of anilines is 2. The number of sulfonamides is 1. The molecular weight excluding hydrogens is 455 g/mol. The highest BCUT2D eigenvalue weighted by molar-refractivity contribution is 7.92. The normalized spacial score (nSPS) is 17.2. The number of aromatic nitrogens is 1. The van der Waals surface area contributed by atoms with Gasteiger partial charge < -0.3 is 15.4 Å². The Kier molecular flexibility index (Phi) is 5.53. The maximum Gasteiger partial charge on any atom is 0.263 e. The molecule has 2 aliphatic rings. The van der Waals surface area contributed by atoms with Gasteiger partial charge >= 0.3 is 0 Å². The SMILES string of the molecule is C=C1Oc2cc(S(=O)(=O)Nc3cccc(F)n3)c(C)cc2N1Cc1cccc2c1CC(N)CC2. The van der Waals surface area contributed by atoms with Crippen LogP contribution in [0.3, 0.4) is 0 Å². The van der Waals surface area contributed by atoms with Gasteiger partial charge in [-0.2, -0.15) is 4.39 Å². The number of hydrogen-bond acceptors (Lipinski definition) is 6. The van der Waals surface area contributed by atoms with E-state index in [4.69, 9.17) is 10.5 Å². The van der Waals surface area contributed by atoms with Crippen molar-refractivity contribution in [3.05, 3.63) is 89.2 Å². The molecule has 5 rings (SSSR count). The summed E-state index contributed by atoms with van der Waals surface area (Å²) in [7, 11) is -4.02. The van der Waals surface area contributed by atoms with Crippen molar-refractivity contribution in [1.82, 2.24) is 4.98 Å². The van der Waals surface area contributed by atoms with Crippen LogP contribution in [0, 0.1) is 12.9 Å². The lowest BCUT2D eigenvalue weighted by Gasteiger charge is -2.26. The van der Waals surface area contributed by atoms with Crippen LogP contribution in [-0.4, -0.2) is 19.4 Å². The van der Waals surface area contributed by atoms with E-state index in [2.05, 4.69) is 34.5 Å². The summed E-state index contributed by atoms with van der Waals surface area (Å²) < 4.78 is 47.6. The molecule has 9 heteroatoms. The summed E-state index contributed by atoms with van der Waals surface area (Å²) in [6, 6.07) is 13.6. The number of aryl methyl sites for hydroxylation is 2. The first-order valence-corrected chi connectivity index (χ1v) is 12.5. The van der Waals surface area contributed by atoms with Crippen LogP contribution in [-0.2, 0) is 29.4 Å². The van der Waals surface area contributed by atoms with Crippen molar-refractivity contribution < 1.29 is 17.5 Å². The standard InChI is InChI=1S/C25H25FN4O3S/c1-15-11-21-22(13-23(15)34(31,32)29-25-8-4-7-24(26)28-25)33-16(2)30(21)14-18-6-3-5-17-9-10-19(27)12-20(17)18/h3-8,11,13,19H,2,9-10,12,14,27H2,1H3,(H,28,29). The highest BCUT2D eigenvalue weighted by Gasteiger charge is 2.30. The molecule has 0 saturated carbocycles. The van der Waals surface area contributed by atoms with Gasteiger partial charge in [0.1, 0.15) is 5.82 Å². The van der Waals surface area contributed by atoms with E-state index in [1.165, 1.54) is 29.3 Å². The van der Waals surface area contributed by atoms with E-state index in [1.807, 2.05) is 4.90 Å². The zero-order valence-electron chi connectivity index (χ0n) is 18.7. The van der Waals surface area contributed by atoms with Gasteiger partial charge in [0.05, 0.1) is 17.1 Å². The first kappa shape index (κ1) is 22.4. The van der Waals surface area contributed by atoms with E-state index in [9.17, 15) is 12.8 Å². The summed E-state index contributed by atoms with van der Waals surface area (Å²) in [5.41, 5.74) is 11.2. The van der Waals surface area contributed by atoms with Gasteiger partial charge in [-0.15, -0.1) is 0 Å². The van der Waals surface area contributed by atoms with Crippen molar-refractivity contribution in [2.75, 3.05) is 9.62 Å². The third-order valence-corrected chi connectivity index (χ3v) is 7.77. The van der Waals surface area contributed by atoms with Gasteiger partial charge in [0.25, 0.3) is 10.0 Å². The van der Waals surface area contributed by atoms with Crippen LogP contribution in [0.1, 0.15) is 28.7 Å². The lowest BCUT2D eigenvalue weighted by molar-refractivity contribution is 0.439. The monoisotopic (exact) mass is 480 g/mol. The predicted octanol–water partition coefficient (Wildman–Crippen LogP) is 4.02. The van der Waals surface area contributed by atoms with Crippen molar-refractivity contribution >= 4 is 21.5 Å². The number of rotatable bonds is 5. The Labute approximate surface area is 198 Å². The minimum atomic E-state index is -4.02. The number of ether oxygens (including phenoxy) is 1. The molecule has 2 aromatic carbocycles. The smallest absolute Gasteiger partial charge is 0.263 e. The molecule has 34 heavy (non-hydrogen) atoms. The number of hydrogen-bond donors (Lipinski definition) is 2. The average Bonchev–Trinajstić information content (AvgIpc) is 3.07. The number of fused-ring (bicyclic) bond motifs is 2. The number of halogens is 1. The molecule has 2 heterocycles. The summed E-state index contributed by atoms with van der Waals surface area (Å²) in [4.78, 5) is 5.54. The molecule has 0 saturated heterocycles. The van der Waals surface area contributed by atoms with Crippen LogP contribution >= 0.6 is 0 Å².